The molecule has 1 aliphatic heterocycles. The second-order valence-electron chi connectivity index (χ2n) is 20.0. The zero-order valence-corrected chi connectivity index (χ0v) is 35.3. The molecule has 0 saturated heterocycles. The minimum atomic E-state index is -0.105. The third-order valence-electron chi connectivity index (χ3n) is 14.2. The van der Waals surface area contributed by atoms with Crippen LogP contribution in [0.25, 0.3) is 21.9 Å². The molecule has 2 fully saturated rings. The van der Waals surface area contributed by atoms with Crippen molar-refractivity contribution in [2.45, 2.75) is 147 Å². The Hall–Kier alpha value is -4.50. The van der Waals surface area contributed by atoms with Crippen molar-refractivity contribution < 1.29 is 4.42 Å². The van der Waals surface area contributed by atoms with Crippen LogP contribution in [0.5, 0.6) is 0 Å². The highest BCUT2D eigenvalue weighted by molar-refractivity contribution is 6.10. The second-order valence-corrected chi connectivity index (χ2v) is 20.0. The van der Waals surface area contributed by atoms with Gasteiger partial charge < -0.3 is 14.2 Å². The van der Waals surface area contributed by atoms with E-state index in [1.807, 2.05) is 0 Å². The maximum absolute atomic E-state index is 6.80. The van der Waals surface area contributed by atoms with Gasteiger partial charge in [0.2, 0.25) is 0 Å². The smallest absolute Gasteiger partial charge is 0.159 e. The molecule has 0 N–H and O–H groups in total. The lowest BCUT2D eigenvalue weighted by Gasteiger charge is -2.49. The van der Waals surface area contributed by atoms with Crippen molar-refractivity contribution in [2.24, 2.45) is 0 Å². The lowest BCUT2D eigenvalue weighted by atomic mass is 9.60. The standard InChI is InChI=1S/C53H62N2O/c1-50(2,3)38-24-27-40(28-25-38)54(47-22-17-21-44-43-20-13-14-23-48(43)56-49(44)47)41-32-37(36-18-11-9-12-19-36)33-42(35-41)55-46-29-26-39(51(4,5)6)34-45(46)53(52(55,7)8)30-15-10-16-31-53/h13-14,17,20-29,32-36H,9-12,15-16,18-19,30-31H2,1-8H3. The lowest BCUT2D eigenvalue weighted by Crippen LogP contribution is -2.53. The Kier molecular flexibility index (Phi) is 8.99. The summed E-state index contributed by atoms with van der Waals surface area (Å²) < 4.78 is 6.80. The van der Waals surface area contributed by atoms with E-state index in [0.29, 0.717) is 5.92 Å². The zero-order chi connectivity index (χ0) is 39.0. The Morgan fingerprint density at radius 2 is 1.29 bits per heavy atom. The average Bonchev–Trinajstić information content (AvgIpc) is 3.65. The first kappa shape index (κ1) is 37.1. The molecule has 2 heterocycles. The molecular weight excluding hydrogens is 681 g/mol. The summed E-state index contributed by atoms with van der Waals surface area (Å²) in [5.41, 5.74) is 14.0. The molecule has 1 aromatic heterocycles. The molecule has 1 spiro atoms. The topological polar surface area (TPSA) is 19.6 Å². The van der Waals surface area contributed by atoms with Crippen LogP contribution in [0.15, 0.2) is 108 Å². The summed E-state index contributed by atoms with van der Waals surface area (Å²) in [4.78, 5) is 5.27. The Morgan fingerprint density at radius 1 is 0.625 bits per heavy atom. The number of hydrogen-bond donors (Lipinski definition) is 0. The van der Waals surface area contributed by atoms with Crippen LogP contribution in [0, 0.1) is 0 Å². The Bertz CT molecular complexity index is 2390. The van der Waals surface area contributed by atoms with Crippen LogP contribution < -0.4 is 9.80 Å². The van der Waals surface area contributed by atoms with Crippen molar-refractivity contribution in [3.63, 3.8) is 0 Å². The molecule has 0 amide bonds. The molecule has 2 aliphatic carbocycles. The number of hydrogen-bond acceptors (Lipinski definition) is 3. The Balaban J connectivity index is 1.30. The molecule has 0 radical (unpaired) electrons. The van der Waals surface area contributed by atoms with E-state index in [0.717, 1.165) is 33.3 Å². The van der Waals surface area contributed by atoms with Gasteiger partial charge in [0.1, 0.15) is 5.58 Å². The van der Waals surface area contributed by atoms with E-state index in [1.54, 1.807) is 5.56 Å². The van der Waals surface area contributed by atoms with Gasteiger partial charge >= 0.3 is 0 Å². The quantitative estimate of drug-likeness (QED) is 0.175. The zero-order valence-electron chi connectivity index (χ0n) is 35.3. The summed E-state index contributed by atoms with van der Waals surface area (Å²) in [6.45, 7) is 19.1. The van der Waals surface area contributed by atoms with Gasteiger partial charge in [0.25, 0.3) is 0 Å². The normalized spacial score (nSPS) is 18.5. The Labute approximate surface area is 336 Å². The van der Waals surface area contributed by atoms with Crippen LogP contribution >= 0.6 is 0 Å². The van der Waals surface area contributed by atoms with Gasteiger partial charge in [-0.15, -0.1) is 0 Å². The molecule has 6 aromatic rings. The second kappa shape index (κ2) is 13.6. The fraction of sp³-hybridized carbons (Fsp3) is 0.434. The molecule has 2 saturated carbocycles. The van der Waals surface area contributed by atoms with Gasteiger partial charge in [0.05, 0.1) is 5.69 Å². The van der Waals surface area contributed by atoms with Crippen LogP contribution in [0.3, 0.4) is 0 Å². The molecule has 3 aliphatic rings. The van der Waals surface area contributed by atoms with Gasteiger partial charge in [0.15, 0.2) is 5.58 Å². The van der Waals surface area contributed by atoms with Crippen molar-refractivity contribution in [1.29, 1.82) is 0 Å². The fourth-order valence-corrected chi connectivity index (χ4v) is 10.9. The number of anilines is 5. The third kappa shape index (κ3) is 6.07. The first-order chi connectivity index (χ1) is 26.8. The van der Waals surface area contributed by atoms with Crippen molar-refractivity contribution in [3.05, 3.63) is 125 Å². The molecule has 3 nitrogen and oxygen atoms in total. The summed E-state index contributed by atoms with van der Waals surface area (Å²) in [6, 6.07) is 39.6. The maximum Gasteiger partial charge on any atom is 0.159 e. The molecule has 56 heavy (non-hydrogen) atoms. The molecule has 0 bridgehead atoms. The monoisotopic (exact) mass is 742 g/mol. The van der Waals surface area contributed by atoms with Crippen LogP contribution in [0.4, 0.5) is 28.4 Å². The minimum absolute atomic E-state index is 0.0623. The number of nitrogens with zero attached hydrogens (tertiary/aromatic N) is 2. The van der Waals surface area contributed by atoms with E-state index >= 15 is 0 Å². The van der Waals surface area contributed by atoms with E-state index in [2.05, 4.69) is 168 Å². The van der Waals surface area contributed by atoms with E-state index in [9.17, 15) is 0 Å². The molecule has 0 atom stereocenters. The Morgan fingerprint density at radius 3 is 2.00 bits per heavy atom. The van der Waals surface area contributed by atoms with Crippen LogP contribution in [0.1, 0.15) is 148 Å². The summed E-state index contributed by atoms with van der Waals surface area (Å²) >= 11 is 0. The number of para-hydroxylation sites is 2. The maximum atomic E-state index is 6.80. The van der Waals surface area contributed by atoms with Crippen molar-refractivity contribution >= 4 is 50.4 Å². The van der Waals surface area contributed by atoms with E-state index in [4.69, 9.17) is 4.42 Å². The molecule has 0 unspecified atom stereocenters. The summed E-state index contributed by atoms with van der Waals surface area (Å²) in [5, 5.41) is 2.31. The highest BCUT2D eigenvalue weighted by Gasteiger charge is 2.57. The predicted molar refractivity (Wildman–Crippen MR) is 239 cm³/mol. The summed E-state index contributed by atoms with van der Waals surface area (Å²) in [6.07, 6.45) is 12.9. The first-order valence-electron chi connectivity index (χ1n) is 21.7. The fourth-order valence-electron chi connectivity index (χ4n) is 10.9. The van der Waals surface area contributed by atoms with Crippen molar-refractivity contribution in [2.75, 3.05) is 9.80 Å². The largest absolute Gasteiger partial charge is 0.454 e. The molecule has 3 heteroatoms. The summed E-state index contributed by atoms with van der Waals surface area (Å²) in [5.74, 6) is 0.548. The molecule has 5 aromatic carbocycles. The molecule has 9 rings (SSSR count). The molecule has 290 valence electrons. The average molecular weight is 743 g/mol. The van der Waals surface area contributed by atoms with Crippen LogP contribution in [-0.4, -0.2) is 5.54 Å². The van der Waals surface area contributed by atoms with Crippen molar-refractivity contribution in [3.8, 4) is 0 Å². The van der Waals surface area contributed by atoms with E-state index in [-0.39, 0.29) is 21.8 Å². The van der Waals surface area contributed by atoms with Gasteiger partial charge in [-0.05, 0) is 127 Å². The number of furan rings is 1. The van der Waals surface area contributed by atoms with E-state index < -0.39 is 0 Å². The minimum Gasteiger partial charge on any atom is -0.454 e. The van der Waals surface area contributed by atoms with Crippen LogP contribution in [0.2, 0.25) is 0 Å². The van der Waals surface area contributed by atoms with E-state index in [1.165, 1.54) is 98.0 Å². The molecular formula is C53H62N2O. The summed E-state index contributed by atoms with van der Waals surface area (Å²) in [7, 11) is 0. The van der Waals surface area contributed by atoms with Gasteiger partial charge in [-0.3, -0.25) is 0 Å². The first-order valence-corrected chi connectivity index (χ1v) is 21.7. The van der Waals surface area contributed by atoms with Gasteiger partial charge in [-0.25, -0.2) is 0 Å². The SMILES string of the molecule is CC(C)(C)c1ccc(N(c2cc(C3CCCCC3)cc(N3c4ccc(C(C)(C)C)cc4C4(CCCCC4)C3(C)C)c2)c2cccc3c2oc2ccccc23)cc1. The van der Waals surface area contributed by atoms with Gasteiger partial charge in [0, 0.05) is 44.5 Å². The number of fused-ring (bicyclic) bond motifs is 5. The highest BCUT2D eigenvalue weighted by Crippen LogP contribution is 2.61. The van der Waals surface area contributed by atoms with Crippen LogP contribution in [-0.2, 0) is 16.2 Å². The highest BCUT2D eigenvalue weighted by atomic mass is 16.3. The number of rotatable bonds is 5. The lowest BCUT2D eigenvalue weighted by molar-refractivity contribution is 0.199. The predicted octanol–water partition coefficient (Wildman–Crippen LogP) is 15.8. The van der Waals surface area contributed by atoms with Gasteiger partial charge in [-0.2, -0.15) is 0 Å². The number of benzene rings is 5. The van der Waals surface area contributed by atoms with Crippen molar-refractivity contribution in [1.82, 2.24) is 0 Å². The van der Waals surface area contributed by atoms with Gasteiger partial charge in [-0.1, -0.05) is 135 Å². The third-order valence-corrected chi connectivity index (χ3v) is 14.2.